The van der Waals surface area contributed by atoms with Gasteiger partial charge in [0.15, 0.2) is 0 Å². The predicted molar refractivity (Wildman–Crippen MR) is 61.1 cm³/mol. The van der Waals surface area contributed by atoms with Crippen molar-refractivity contribution in [3.05, 3.63) is 0 Å². The quantitative estimate of drug-likeness (QED) is 0.523. The molecule has 0 radical (unpaired) electrons. The van der Waals surface area contributed by atoms with Gasteiger partial charge in [-0.2, -0.15) is 0 Å². The third kappa shape index (κ3) is 9.88. The normalized spacial score (nSPS) is 11.5. The van der Waals surface area contributed by atoms with Crippen LogP contribution in [0.25, 0.3) is 0 Å². The second-order valence-corrected chi connectivity index (χ2v) is 4.55. The van der Waals surface area contributed by atoms with Crippen LogP contribution in [0.4, 0.5) is 0 Å². The van der Waals surface area contributed by atoms with Gasteiger partial charge in [-0.3, -0.25) is 0 Å². The maximum absolute atomic E-state index is 2.44. The Balaban J connectivity index is 3.06. The minimum absolute atomic E-state index is 0.883. The molecule has 0 aliphatic rings. The van der Waals surface area contributed by atoms with Gasteiger partial charge in [0, 0.05) is 0 Å². The topological polar surface area (TPSA) is 3.24 Å². The first-order valence-electron chi connectivity index (χ1n) is 5.85. The largest absolute Gasteiger partial charge is 0.306 e. The smallest absolute Gasteiger partial charge is 0.00218 e. The average molecular weight is 185 g/mol. The molecular weight excluding hydrogens is 158 g/mol. The molecule has 0 aliphatic carbocycles. The molecule has 0 aromatic rings. The van der Waals surface area contributed by atoms with Crippen LogP contribution >= 0.6 is 0 Å². The first-order chi connectivity index (χ1) is 6.16. The van der Waals surface area contributed by atoms with E-state index in [2.05, 4.69) is 32.7 Å². The summed E-state index contributed by atoms with van der Waals surface area (Å²) in [6, 6.07) is 0. The number of rotatable bonds is 8. The van der Waals surface area contributed by atoms with Gasteiger partial charge in [0.25, 0.3) is 0 Å². The second kappa shape index (κ2) is 8.55. The highest BCUT2D eigenvalue weighted by Gasteiger charge is 1.97. The summed E-state index contributed by atoms with van der Waals surface area (Å²) in [6.45, 7) is 9.40. The van der Waals surface area contributed by atoms with Gasteiger partial charge in [0.05, 0.1) is 0 Å². The molecule has 0 rings (SSSR count). The van der Waals surface area contributed by atoms with E-state index >= 15 is 0 Å². The molecule has 0 atom stereocenters. The van der Waals surface area contributed by atoms with E-state index in [-0.39, 0.29) is 0 Å². The summed E-state index contributed by atoms with van der Waals surface area (Å²) >= 11 is 0. The van der Waals surface area contributed by atoms with E-state index in [0.29, 0.717) is 0 Å². The maximum Gasteiger partial charge on any atom is -0.00218 e. The van der Waals surface area contributed by atoms with E-state index in [0.717, 1.165) is 5.92 Å². The van der Waals surface area contributed by atoms with Crippen molar-refractivity contribution in [2.45, 2.75) is 52.9 Å². The highest BCUT2D eigenvalue weighted by atomic mass is 15.1. The molecule has 0 aromatic heterocycles. The molecule has 0 aromatic carbocycles. The molecule has 0 saturated carbocycles. The van der Waals surface area contributed by atoms with E-state index in [1.165, 1.54) is 45.2 Å². The summed E-state index contributed by atoms with van der Waals surface area (Å²) in [4.78, 5) is 2.44. The van der Waals surface area contributed by atoms with Gasteiger partial charge in [-0.05, 0) is 38.9 Å². The number of unbranched alkanes of at least 4 members (excludes halogenated alkanes) is 2. The zero-order valence-electron chi connectivity index (χ0n) is 9.97. The van der Waals surface area contributed by atoms with Crippen molar-refractivity contribution in [3.8, 4) is 0 Å². The summed E-state index contributed by atoms with van der Waals surface area (Å²) in [5.41, 5.74) is 0. The van der Waals surface area contributed by atoms with E-state index in [1.807, 2.05) is 0 Å². The fourth-order valence-corrected chi connectivity index (χ4v) is 1.60. The summed E-state index contributed by atoms with van der Waals surface area (Å²) < 4.78 is 0. The highest BCUT2D eigenvalue weighted by Crippen LogP contribution is 2.08. The van der Waals surface area contributed by atoms with Crippen LogP contribution in [0, 0.1) is 5.92 Å². The molecule has 0 N–H and O–H groups in total. The van der Waals surface area contributed by atoms with Crippen molar-refractivity contribution in [1.29, 1.82) is 0 Å². The maximum atomic E-state index is 2.44. The van der Waals surface area contributed by atoms with Crippen molar-refractivity contribution < 1.29 is 0 Å². The number of hydrogen-bond donors (Lipinski definition) is 0. The van der Waals surface area contributed by atoms with Crippen molar-refractivity contribution in [1.82, 2.24) is 4.90 Å². The van der Waals surface area contributed by atoms with Gasteiger partial charge >= 0.3 is 0 Å². The molecule has 13 heavy (non-hydrogen) atoms. The van der Waals surface area contributed by atoms with E-state index in [9.17, 15) is 0 Å². The summed E-state index contributed by atoms with van der Waals surface area (Å²) in [6.07, 6.45) is 6.88. The van der Waals surface area contributed by atoms with Crippen molar-refractivity contribution >= 4 is 0 Å². The molecule has 0 fully saturated rings. The van der Waals surface area contributed by atoms with Gasteiger partial charge < -0.3 is 4.90 Å². The first kappa shape index (κ1) is 13.0. The van der Waals surface area contributed by atoms with Crippen LogP contribution in [0.2, 0.25) is 0 Å². The molecule has 0 saturated heterocycles. The van der Waals surface area contributed by atoms with Crippen LogP contribution in [0.15, 0.2) is 0 Å². The van der Waals surface area contributed by atoms with Gasteiger partial charge in [-0.1, -0.05) is 40.0 Å². The van der Waals surface area contributed by atoms with Crippen LogP contribution in [0.5, 0.6) is 0 Å². The van der Waals surface area contributed by atoms with Gasteiger partial charge in [-0.15, -0.1) is 0 Å². The molecule has 0 amide bonds. The average Bonchev–Trinajstić information content (AvgIpc) is 2.03. The molecule has 0 heterocycles. The lowest BCUT2D eigenvalue weighted by Crippen LogP contribution is -2.20. The molecule has 0 unspecified atom stereocenters. The molecule has 0 spiro atoms. The second-order valence-electron chi connectivity index (χ2n) is 4.55. The minimum Gasteiger partial charge on any atom is -0.306 e. The Morgan fingerprint density at radius 2 is 1.69 bits per heavy atom. The highest BCUT2D eigenvalue weighted by molar-refractivity contribution is 4.52. The van der Waals surface area contributed by atoms with E-state index < -0.39 is 0 Å². The van der Waals surface area contributed by atoms with Crippen molar-refractivity contribution in [2.24, 2.45) is 5.92 Å². The summed E-state index contributed by atoms with van der Waals surface area (Å²) in [5, 5.41) is 0. The van der Waals surface area contributed by atoms with Crippen LogP contribution in [0.1, 0.15) is 52.9 Å². The zero-order chi connectivity index (χ0) is 10.1. The fourth-order valence-electron chi connectivity index (χ4n) is 1.60. The SMILES string of the molecule is CCCN(C)CCCCCC(C)C. The Kier molecular flexibility index (Phi) is 8.53. The van der Waals surface area contributed by atoms with Crippen LogP contribution in [-0.4, -0.2) is 25.0 Å². The lowest BCUT2D eigenvalue weighted by atomic mass is 10.1. The molecular formula is C12H27N. The third-order valence-electron chi connectivity index (χ3n) is 2.43. The standard InChI is InChI=1S/C12H27N/c1-5-10-13(4)11-8-6-7-9-12(2)3/h12H,5-11H2,1-4H3. The molecule has 80 valence electrons. The monoisotopic (exact) mass is 185 g/mol. The lowest BCUT2D eigenvalue weighted by Gasteiger charge is -2.14. The summed E-state index contributed by atoms with van der Waals surface area (Å²) in [5.74, 6) is 0.883. The Morgan fingerprint density at radius 1 is 1.00 bits per heavy atom. The molecule has 1 nitrogen and oxygen atoms in total. The number of hydrogen-bond acceptors (Lipinski definition) is 1. The van der Waals surface area contributed by atoms with Crippen molar-refractivity contribution in [2.75, 3.05) is 20.1 Å². The van der Waals surface area contributed by atoms with Crippen LogP contribution in [0.3, 0.4) is 0 Å². The zero-order valence-corrected chi connectivity index (χ0v) is 9.97. The Hall–Kier alpha value is -0.0400. The van der Waals surface area contributed by atoms with E-state index in [4.69, 9.17) is 0 Å². The Morgan fingerprint density at radius 3 is 2.23 bits per heavy atom. The molecule has 0 bridgehead atoms. The molecule has 0 aliphatic heterocycles. The predicted octanol–water partition coefficient (Wildman–Crippen LogP) is 3.54. The first-order valence-corrected chi connectivity index (χ1v) is 5.85. The van der Waals surface area contributed by atoms with Crippen molar-refractivity contribution in [3.63, 3.8) is 0 Å². The van der Waals surface area contributed by atoms with Crippen LogP contribution in [-0.2, 0) is 0 Å². The fraction of sp³-hybridized carbons (Fsp3) is 1.00. The van der Waals surface area contributed by atoms with Gasteiger partial charge in [0.1, 0.15) is 0 Å². The molecule has 1 heteroatoms. The van der Waals surface area contributed by atoms with Gasteiger partial charge in [-0.25, -0.2) is 0 Å². The lowest BCUT2D eigenvalue weighted by molar-refractivity contribution is 0.323. The third-order valence-corrected chi connectivity index (χ3v) is 2.43. The van der Waals surface area contributed by atoms with Crippen LogP contribution < -0.4 is 0 Å². The minimum atomic E-state index is 0.883. The number of nitrogens with zero attached hydrogens (tertiary/aromatic N) is 1. The summed E-state index contributed by atoms with van der Waals surface area (Å²) in [7, 11) is 2.23. The van der Waals surface area contributed by atoms with E-state index in [1.54, 1.807) is 0 Å². The Labute approximate surface area is 84.5 Å². The van der Waals surface area contributed by atoms with Gasteiger partial charge in [0.2, 0.25) is 0 Å². The Bertz CT molecular complexity index is 99.3.